The molecule has 3 fully saturated rings. The van der Waals surface area contributed by atoms with E-state index < -0.39 is 0 Å². The number of aliphatic hydroxyl groups excluding tert-OH is 1. The zero-order valence-corrected chi connectivity index (χ0v) is 12.4. The van der Waals surface area contributed by atoms with Gasteiger partial charge in [0.15, 0.2) is 0 Å². The van der Waals surface area contributed by atoms with Crippen molar-refractivity contribution in [2.45, 2.75) is 63.5 Å². The van der Waals surface area contributed by atoms with Crippen LogP contribution in [0.25, 0.3) is 0 Å². The van der Waals surface area contributed by atoms with E-state index in [-0.39, 0.29) is 5.54 Å². The largest absolute Gasteiger partial charge is 0.394 e. The molecule has 2 aliphatic carbocycles. The molecule has 1 saturated heterocycles. The Kier molecular flexibility index (Phi) is 4.16. The smallest absolute Gasteiger partial charge is 0.0628 e. The average molecular weight is 266 g/mol. The molecule has 0 aromatic rings. The Balaban J connectivity index is 1.62. The highest BCUT2D eigenvalue weighted by Crippen LogP contribution is 2.42. The molecule has 0 amide bonds. The van der Waals surface area contributed by atoms with E-state index in [1.165, 1.54) is 58.0 Å². The number of rotatable bonds is 6. The molecule has 3 aliphatic rings. The van der Waals surface area contributed by atoms with Crippen LogP contribution in [0.3, 0.4) is 0 Å². The molecular weight excluding hydrogens is 236 g/mol. The number of likely N-dealkylation sites (tertiary alicyclic amines) is 1. The number of nitrogens with one attached hydrogen (secondary N) is 1. The van der Waals surface area contributed by atoms with Gasteiger partial charge in [-0.3, -0.25) is 0 Å². The summed E-state index contributed by atoms with van der Waals surface area (Å²) in [5.74, 6) is 1.60. The third-order valence-corrected chi connectivity index (χ3v) is 5.33. The van der Waals surface area contributed by atoms with Gasteiger partial charge in [-0.05, 0) is 69.9 Å². The quantitative estimate of drug-likeness (QED) is 0.772. The standard InChI is InChI=1S/C16H30N2O/c1-13-3-2-9-18(10-8-13)11-16(12-19,14-4-5-14)17-15-6-7-15/h13-15,17,19H,2-12H2,1H3. The Labute approximate surface area is 117 Å². The van der Waals surface area contributed by atoms with Crippen LogP contribution in [0.15, 0.2) is 0 Å². The molecule has 19 heavy (non-hydrogen) atoms. The Morgan fingerprint density at radius 2 is 1.89 bits per heavy atom. The van der Waals surface area contributed by atoms with Crippen LogP contribution in [0.2, 0.25) is 0 Å². The molecule has 3 nitrogen and oxygen atoms in total. The lowest BCUT2D eigenvalue weighted by Gasteiger charge is -2.38. The zero-order valence-electron chi connectivity index (χ0n) is 12.4. The molecule has 3 heteroatoms. The predicted octanol–water partition coefficient (Wildman–Crippen LogP) is 2.00. The van der Waals surface area contributed by atoms with E-state index in [1.54, 1.807) is 0 Å². The van der Waals surface area contributed by atoms with Gasteiger partial charge >= 0.3 is 0 Å². The van der Waals surface area contributed by atoms with Crippen molar-refractivity contribution >= 4 is 0 Å². The number of aliphatic hydroxyl groups is 1. The Hall–Kier alpha value is -0.120. The molecule has 2 saturated carbocycles. The Morgan fingerprint density at radius 3 is 2.53 bits per heavy atom. The van der Waals surface area contributed by atoms with Crippen molar-refractivity contribution in [3.63, 3.8) is 0 Å². The molecule has 0 bridgehead atoms. The van der Waals surface area contributed by atoms with Gasteiger partial charge in [-0.2, -0.15) is 0 Å². The summed E-state index contributed by atoms with van der Waals surface area (Å²) in [5.41, 5.74) is 0.00868. The summed E-state index contributed by atoms with van der Waals surface area (Å²) in [6.45, 7) is 6.22. The van der Waals surface area contributed by atoms with E-state index in [4.69, 9.17) is 0 Å². The van der Waals surface area contributed by atoms with Crippen LogP contribution < -0.4 is 5.32 Å². The fraction of sp³-hybridized carbons (Fsp3) is 1.00. The van der Waals surface area contributed by atoms with Crippen molar-refractivity contribution in [1.82, 2.24) is 10.2 Å². The molecule has 2 N–H and O–H groups in total. The van der Waals surface area contributed by atoms with Gasteiger partial charge < -0.3 is 15.3 Å². The third-order valence-electron chi connectivity index (χ3n) is 5.33. The van der Waals surface area contributed by atoms with Crippen LogP contribution in [0, 0.1) is 11.8 Å². The van der Waals surface area contributed by atoms with E-state index in [0.29, 0.717) is 12.6 Å². The third kappa shape index (κ3) is 3.50. The van der Waals surface area contributed by atoms with Crippen LogP contribution in [0.1, 0.15) is 51.9 Å². The first-order chi connectivity index (χ1) is 9.22. The fourth-order valence-electron chi connectivity index (χ4n) is 3.67. The van der Waals surface area contributed by atoms with Crippen molar-refractivity contribution in [3.8, 4) is 0 Å². The van der Waals surface area contributed by atoms with Crippen molar-refractivity contribution in [2.24, 2.45) is 11.8 Å². The average Bonchev–Trinajstić information content (AvgIpc) is 3.26. The van der Waals surface area contributed by atoms with Crippen LogP contribution in [0.4, 0.5) is 0 Å². The van der Waals surface area contributed by atoms with Crippen LogP contribution >= 0.6 is 0 Å². The number of hydrogen-bond acceptors (Lipinski definition) is 3. The maximum absolute atomic E-state index is 10.0. The van der Waals surface area contributed by atoms with Crippen LogP contribution in [0.5, 0.6) is 0 Å². The SMILES string of the molecule is CC1CCCN(CC(CO)(NC2CC2)C2CC2)CC1. The van der Waals surface area contributed by atoms with Gasteiger partial charge in [0.1, 0.15) is 0 Å². The minimum atomic E-state index is 0.00868. The molecule has 1 heterocycles. The summed E-state index contributed by atoms with van der Waals surface area (Å²) in [6.07, 6.45) is 9.28. The van der Waals surface area contributed by atoms with Crippen molar-refractivity contribution in [1.29, 1.82) is 0 Å². The zero-order chi connectivity index (χ0) is 13.3. The normalized spacial score (nSPS) is 32.8. The first-order valence-corrected chi connectivity index (χ1v) is 8.33. The highest BCUT2D eigenvalue weighted by molar-refractivity contribution is 5.06. The Morgan fingerprint density at radius 1 is 1.11 bits per heavy atom. The molecular formula is C16H30N2O. The summed E-state index contributed by atoms with van der Waals surface area (Å²) in [5, 5.41) is 13.8. The van der Waals surface area contributed by atoms with Crippen molar-refractivity contribution in [2.75, 3.05) is 26.2 Å². The van der Waals surface area contributed by atoms with E-state index in [2.05, 4.69) is 17.1 Å². The minimum Gasteiger partial charge on any atom is -0.394 e. The number of nitrogens with zero attached hydrogens (tertiary/aromatic N) is 1. The lowest BCUT2D eigenvalue weighted by atomic mass is 9.92. The van der Waals surface area contributed by atoms with Gasteiger partial charge in [0.25, 0.3) is 0 Å². The fourth-order valence-corrected chi connectivity index (χ4v) is 3.67. The van der Waals surface area contributed by atoms with Crippen LogP contribution in [-0.2, 0) is 0 Å². The van der Waals surface area contributed by atoms with Crippen LogP contribution in [-0.4, -0.2) is 47.8 Å². The van der Waals surface area contributed by atoms with Gasteiger partial charge in [-0.25, -0.2) is 0 Å². The molecule has 0 spiro atoms. The van der Waals surface area contributed by atoms with E-state index in [0.717, 1.165) is 18.4 Å². The summed E-state index contributed by atoms with van der Waals surface area (Å²) in [6, 6.07) is 0.693. The van der Waals surface area contributed by atoms with E-state index >= 15 is 0 Å². The highest BCUT2D eigenvalue weighted by atomic mass is 16.3. The molecule has 2 unspecified atom stereocenters. The van der Waals surface area contributed by atoms with E-state index in [9.17, 15) is 5.11 Å². The molecule has 0 aromatic carbocycles. The highest BCUT2D eigenvalue weighted by Gasteiger charge is 2.48. The summed E-state index contributed by atoms with van der Waals surface area (Å²) < 4.78 is 0. The number of hydrogen-bond donors (Lipinski definition) is 2. The minimum absolute atomic E-state index is 0.00868. The van der Waals surface area contributed by atoms with Gasteiger partial charge in [-0.15, -0.1) is 0 Å². The lowest BCUT2D eigenvalue weighted by Crippen LogP contribution is -2.58. The molecule has 110 valence electrons. The first-order valence-electron chi connectivity index (χ1n) is 8.33. The van der Waals surface area contributed by atoms with Gasteiger partial charge in [-0.1, -0.05) is 6.92 Å². The van der Waals surface area contributed by atoms with Crippen molar-refractivity contribution < 1.29 is 5.11 Å². The molecule has 0 aromatic heterocycles. The maximum Gasteiger partial charge on any atom is 0.0628 e. The van der Waals surface area contributed by atoms with E-state index in [1.807, 2.05) is 0 Å². The molecule has 0 radical (unpaired) electrons. The maximum atomic E-state index is 10.0. The Bertz CT molecular complexity index is 301. The summed E-state index contributed by atoms with van der Waals surface area (Å²) in [4.78, 5) is 2.62. The predicted molar refractivity (Wildman–Crippen MR) is 78.2 cm³/mol. The van der Waals surface area contributed by atoms with Crippen molar-refractivity contribution in [3.05, 3.63) is 0 Å². The second kappa shape index (κ2) is 5.71. The molecule has 2 atom stereocenters. The van der Waals surface area contributed by atoms with Gasteiger partial charge in [0.2, 0.25) is 0 Å². The topological polar surface area (TPSA) is 35.5 Å². The molecule has 3 rings (SSSR count). The van der Waals surface area contributed by atoms with Gasteiger partial charge in [0, 0.05) is 12.6 Å². The monoisotopic (exact) mass is 266 g/mol. The second-order valence-electron chi connectivity index (χ2n) is 7.32. The summed E-state index contributed by atoms with van der Waals surface area (Å²) >= 11 is 0. The summed E-state index contributed by atoms with van der Waals surface area (Å²) in [7, 11) is 0. The second-order valence-corrected chi connectivity index (χ2v) is 7.32. The first kappa shape index (κ1) is 13.8. The molecule has 1 aliphatic heterocycles. The lowest BCUT2D eigenvalue weighted by molar-refractivity contribution is 0.0896. The van der Waals surface area contributed by atoms with Gasteiger partial charge in [0.05, 0.1) is 12.1 Å².